The van der Waals surface area contributed by atoms with E-state index < -0.39 is 0 Å². The van der Waals surface area contributed by atoms with Crippen molar-refractivity contribution in [3.63, 3.8) is 0 Å². The van der Waals surface area contributed by atoms with Gasteiger partial charge in [0, 0.05) is 26.8 Å². The van der Waals surface area contributed by atoms with Crippen molar-refractivity contribution in [2.45, 2.75) is 101 Å². The van der Waals surface area contributed by atoms with E-state index in [4.69, 9.17) is 4.74 Å². The van der Waals surface area contributed by atoms with E-state index in [2.05, 4.69) is 55.6 Å². The van der Waals surface area contributed by atoms with Crippen LogP contribution in [0.25, 0.3) is 21.6 Å². The van der Waals surface area contributed by atoms with Gasteiger partial charge in [0.25, 0.3) is 0 Å². The van der Waals surface area contributed by atoms with E-state index >= 15 is 4.39 Å². The van der Waals surface area contributed by atoms with Gasteiger partial charge >= 0.3 is 0 Å². The average Bonchev–Trinajstić information content (AvgIpc) is 3.67. The predicted molar refractivity (Wildman–Crippen MR) is 179 cm³/mol. The number of thiophene rings is 1. The Labute approximate surface area is 255 Å². The molecule has 0 saturated carbocycles. The van der Waals surface area contributed by atoms with Crippen molar-refractivity contribution in [2.24, 2.45) is 0 Å². The van der Waals surface area contributed by atoms with Gasteiger partial charge in [-0.2, -0.15) is 0 Å². The fourth-order valence-electron chi connectivity index (χ4n) is 5.38. The van der Waals surface area contributed by atoms with Gasteiger partial charge in [-0.25, -0.2) is 4.39 Å². The summed E-state index contributed by atoms with van der Waals surface area (Å²) in [4.78, 5) is 2.58. The first-order valence-corrected chi connectivity index (χ1v) is 18.4. The van der Waals surface area contributed by atoms with E-state index in [-0.39, 0.29) is 9.90 Å². The highest BCUT2D eigenvalue weighted by molar-refractivity contribution is 8.20. The lowest BCUT2D eigenvalue weighted by molar-refractivity contribution is 0.304. The van der Waals surface area contributed by atoms with Crippen LogP contribution in [0.1, 0.15) is 102 Å². The predicted octanol–water partition coefficient (Wildman–Crippen LogP) is 12.3. The molecule has 0 bridgehead atoms. The SMILES string of the molecule is CCCCCCCCCCCCOc1ccc(-c2ccc(-c3ccc(C4(CCCC)SCCS4)s3)cc2F)cc1. The zero-order valence-corrected chi connectivity index (χ0v) is 27.0. The molecule has 0 aliphatic carbocycles. The van der Waals surface area contributed by atoms with Crippen LogP contribution in [-0.4, -0.2) is 18.1 Å². The van der Waals surface area contributed by atoms with Gasteiger partial charge in [0.1, 0.15) is 11.6 Å². The Morgan fingerprint density at radius 1 is 0.700 bits per heavy atom. The van der Waals surface area contributed by atoms with E-state index in [0.717, 1.165) is 34.8 Å². The van der Waals surface area contributed by atoms with Crippen molar-refractivity contribution in [1.82, 2.24) is 0 Å². The lowest BCUT2D eigenvalue weighted by atomic mass is 10.0. The maximum Gasteiger partial charge on any atom is 0.131 e. The topological polar surface area (TPSA) is 9.23 Å². The Morgan fingerprint density at radius 3 is 1.98 bits per heavy atom. The number of unbranched alkanes of at least 4 members (excludes halogenated alkanes) is 10. The molecule has 2 aromatic carbocycles. The highest BCUT2D eigenvalue weighted by atomic mass is 32.2. The molecule has 1 saturated heterocycles. The third-order valence-electron chi connectivity index (χ3n) is 7.78. The maximum atomic E-state index is 15.3. The molecule has 1 fully saturated rings. The summed E-state index contributed by atoms with van der Waals surface area (Å²) in [5, 5.41) is 0. The van der Waals surface area contributed by atoms with Gasteiger partial charge in [0.05, 0.1) is 10.7 Å². The summed E-state index contributed by atoms with van der Waals surface area (Å²) >= 11 is 6.03. The van der Waals surface area contributed by atoms with Crippen LogP contribution in [-0.2, 0) is 4.08 Å². The number of ether oxygens (including phenoxy) is 1. The fraction of sp³-hybridized carbons (Fsp3) is 0.543. The van der Waals surface area contributed by atoms with Crippen LogP contribution in [0, 0.1) is 5.82 Å². The van der Waals surface area contributed by atoms with Crippen LogP contribution in [0.3, 0.4) is 0 Å². The molecule has 1 aromatic heterocycles. The molecule has 0 N–H and O–H groups in total. The minimum Gasteiger partial charge on any atom is -0.494 e. The lowest BCUT2D eigenvalue weighted by Crippen LogP contribution is -2.12. The fourth-order valence-corrected chi connectivity index (χ4v) is 10.2. The first kappa shape index (κ1) is 31.5. The van der Waals surface area contributed by atoms with Crippen molar-refractivity contribution in [3.8, 4) is 27.3 Å². The number of rotatable bonds is 18. The first-order chi connectivity index (χ1) is 19.6. The second-order valence-corrected chi connectivity index (χ2v) is 15.1. The molecule has 4 rings (SSSR count). The van der Waals surface area contributed by atoms with Crippen molar-refractivity contribution in [2.75, 3.05) is 18.1 Å². The van der Waals surface area contributed by atoms with Crippen molar-refractivity contribution < 1.29 is 9.13 Å². The highest BCUT2D eigenvalue weighted by Gasteiger charge is 2.38. The van der Waals surface area contributed by atoms with E-state index in [1.54, 1.807) is 6.07 Å². The number of halogens is 1. The van der Waals surface area contributed by atoms with Crippen molar-refractivity contribution in [3.05, 3.63) is 65.3 Å². The molecule has 1 nitrogen and oxygen atoms in total. The first-order valence-electron chi connectivity index (χ1n) is 15.6. The van der Waals surface area contributed by atoms with Crippen LogP contribution in [0.5, 0.6) is 5.75 Å². The molecule has 0 spiro atoms. The summed E-state index contributed by atoms with van der Waals surface area (Å²) in [6.45, 7) is 5.29. The maximum absolute atomic E-state index is 15.3. The Hall–Kier alpha value is -1.43. The van der Waals surface area contributed by atoms with Gasteiger partial charge in [0.2, 0.25) is 0 Å². The summed E-state index contributed by atoms with van der Waals surface area (Å²) in [6, 6.07) is 18.0. The van der Waals surface area contributed by atoms with Gasteiger partial charge in [-0.1, -0.05) is 109 Å². The van der Waals surface area contributed by atoms with Gasteiger partial charge in [-0.15, -0.1) is 34.9 Å². The Balaban J connectivity index is 1.25. The molecule has 218 valence electrons. The third-order valence-corrected chi connectivity index (χ3v) is 12.9. The van der Waals surface area contributed by atoms with Crippen molar-refractivity contribution >= 4 is 34.9 Å². The summed E-state index contributed by atoms with van der Waals surface area (Å²) < 4.78 is 21.4. The van der Waals surface area contributed by atoms with E-state index in [1.165, 1.54) is 93.4 Å². The second kappa shape index (κ2) is 16.9. The minimum absolute atomic E-state index is 0.170. The smallest absolute Gasteiger partial charge is 0.131 e. The van der Waals surface area contributed by atoms with Gasteiger partial charge in [-0.3, -0.25) is 0 Å². The van der Waals surface area contributed by atoms with Gasteiger partial charge < -0.3 is 4.74 Å². The normalized spacial score (nSPS) is 14.6. The minimum atomic E-state index is -0.170. The Kier molecular flexibility index (Phi) is 13.3. The Bertz CT molecular complexity index is 1130. The Morgan fingerprint density at radius 2 is 1.32 bits per heavy atom. The molecule has 0 unspecified atom stereocenters. The largest absolute Gasteiger partial charge is 0.494 e. The monoisotopic (exact) mass is 598 g/mol. The lowest BCUT2D eigenvalue weighted by Gasteiger charge is -2.25. The standard InChI is InChI=1S/C35H47FOS3/c1-3-5-7-8-9-10-11-12-13-14-24-37-30-18-15-28(16-19-30)31-20-17-29(27-32(31)36)33-21-22-34(40-33)35(23-6-4-2)38-25-26-39-35/h15-22,27H,3-14,23-26H2,1-2H3. The molecule has 0 radical (unpaired) electrons. The number of thioether (sulfide) groups is 2. The van der Waals surface area contributed by atoms with Crippen LogP contribution in [0.2, 0.25) is 0 Å². The molecule has 2 heterocycles. The molecular formula is C35H47FOS3. The molecule has 1 aliphatic rings. The molecule has 3 aromatic rings. The second-order valence-electron chi connectivity index (χ2n) is 11.0. The van der Waals surface area contributed by atoms with E-state index in [9.17, 15) is 0 Å². The van der Waals surface area contributed by atoms with Crippen LogP contribution in [0.15, 0.2) is 54.6 Å². The zero-order valence-electron chi connectivity index (χ0n) is 24.5. The van der Waals surface area contributed by atoms with Gasteiger partial charge in [0.15, 0.2) is 0 Å². The molecule has 1 aliphatic heterocycles. The summed E-state index contributed by atoms with van der Waals surface area (Å²) in [5.74, 6) is 3.13. The quantitative estimate of drug-likeness (QED) is 0.135. The highest BCUT2D eigenvalue weighted by Crippen LogP contribution is 2.57. The average molecular weight is 599 g/mol. The van der Waals surface area contributed by atoms with Gasteiger partial charge in [-0.05, 0) is 54.3 Å². The number of benzene rings is 2. The zero-order chi connectivity index (χ0) is 28.0. The summed E-state index contributed by atoms with van der Waals surface area (Å²) in [5.41, 5.74) is 2.50. The molecule has 0 atom stereocenters. The molecular weight excluding hydrogens is 552 g/mol. The summed E-state index contributed by atoms with van der Waals surface area (Å²) in [7, 11) is 0. The molecule has 5 heteroatoms. The van der Waals surface area contributed by atoms with E-state index in [1.807, 2.05) is 41.7 Å². The van der Waals surface area contributed by atoms with E-state index in [0.29, 0.717) is 5.56 Å². The van der Waals surface area contributed by atoms with Crippen molar-refractivity contribution in [1.29, 1.82) is 0 Å². The van der Waals surface area contributed by atoms with Crippen LogP contribution < -0.4 is 4.74 Å². The van der Waals surface area contributed by atoms with Crippen LogP contribution >= 0.6 is 34.9 Å². The third kappa shape index (κ3) is 9.03. The molecule has 0 amide bonds. The van der Waals surface area contributed by atoms with Crippen LogP contribution in [0.4, 0.5) is 4.39 Å². The molecule has 40 heavy (non-hydrogen) atoms. The number of hydrogen-bond acceptors (Lipinski definition) is 4. The summed E-state index contributed by atoms with van der Waals surface area (Å²) in [6.07, 6.45) is 16.9. The number of hydrogen-bond donors (Lipinski definition) is 0.